The van der Waals surface area contributed by atoms with Gasteiger partial charge in [0, 0.05) is 5.92 Å². The summed E-state index contributed by atoms with van der Waals surface area (Å²) in [4.78, 5) is 0. The third-order valence-electron chi connectivity index (χ3n) is 5.44. The number of ether oxygens (including phenoxy) is 1. The summed E-state index contributed by atoms with van der Waals surface area (Å²) in [6.07, 6.45) is 13.1. The molecule has 0 saturated carbocycles. The van der Waals surface area contributed by atoms with Crippen molar-refractivity contribution in [2.45, 2.75) is 81.1 Å². The van der Waals surface area contributed by atoms with Gasteiger partial charge < -0.3 is 4.74 Å². The first-order chi connectivity index (χ1) is 12.5. The number of allylic oxidation sites excluding steroid dienone is 6. The van der Waals surface area contributed by atoms with Crippen LogP contribution in [0.4, 0.5) is 0 Å². The van der Waals surface area contributed by atoms with E-state index in [1.165, 1.54) is 11.3 Å². The van der Waals surface area contributed by atoms with Crippen LogP contribution in [0.25, 0.3) is 0 Å². The van der Waals surface area contributed by atoms with Crippen LogP contribution in [0.15, 0.2) is 35.6 Å². The van der Waals surface area contributed by atoms with E-state index in [0.717, 1.165) is 44.6 Å². The molecule has 0 aromatic rings. The Morgan fingerprint density at radius 1 is 1.11 bits per heavy atom. The Kier molecular flexibility index (Phi) is 9.05. The molecule has 0 spiro atoms. The minimum absolute atomic E-state index is 0.255. The lowest BCUT2D eigenvalue weighted by molar-refractivity contribution is -0.513. The van der Waals surface area contributed by atoms with Gasteiger partial charge in [-0.2, -0.15) is 0 Å². The Morgan fingerprint density at radius 3 is 2.26 bits per heavy atom. The van der Waals surface area contributed by atoms with E-state index in [2.05, 4.69) is 91.3 Å². The van der Waals surface area contributed by atoms with Gasteiger partial charge in [0.2, 0.25) is 5.71 Å². The topological polar surface area (TPSA) is 12.2 Å². The van der Waals surface area contributed by atoms with Crippen molar-refractivity contribution in [3.05, 3.63) is 35.6 Å². The summed E-state index contributed by atoms with van der Waals surface area (Å²) in [7, 11) is 2.24. The lowest BCUT2D eigenvalue weighted by atomic mass is 9.66. The van der Waals surface area contributed by atoms with Crippen LogP contribution in [0, 0.1) is 16.7 Å². The Bertz CT molecular complexity index is 577. The number of rotatable bonds is 7. The fraction of sp³-hybridized carbons (Fsp3) is 0.720. The predicted octanol–water partition coefficient (Wildman–Crippen LogP) is 6.78. The molecule has 0 fully saturated rings. The van der Waals surface area contributed by atoms with Crippen molar-refractivity contribution < 1.29 is 9.31 Å². The van der Waals surface area contributed by atoms with Crippen LogP contribution in [0.5, 0.6) is 0 Å². The van der Waals surface area contributed by atoms with Crippen LogP contribution in [0.3, 0.4) is 0 Å². The molecule has 0 bridgehead atoms. The van der Waals surface area contributed by atoms with Crippen molar-refractivity contribution in [3.8, 4) is 0 Å². The standard InChI is InChI=1S/C25H44NO/c1-10-12-17-27-22-16-13-15-20(14-11-2)18-21(22)26(9)19-23(24(3,4)5)25(6,7)8/h13-16,23H,10-12,17-19H2,1-9H3/q+1. The Balaban J connectivity index is 3.25. The molecule has 154 valence electrons. The van der Waals surface area contributed by atoms with Crippen LogP contribution >= 0.6 is 0 Å². The highest BCUT2D eigenvalue weighted by Gasteiger charge is 2.38. The quantitative estimate of drug-likeness (QED) is 0.353. The molecule has 27 heavy (non-hydrogen) atoms. The molecule has 0 unspecified atom stereocenters. The summed E-state index contributed by atoms with van der Waals surface area (Å²) < 4.78 is 8.67. The highest BCUT2D eigenvalue weighted by atomic mass is 16.5. The molecule has 0 aliphatic heterocycles. The fourth-order valence-corrected chi connectivity index (χ4v) is 4.11. The first kappa shape index (κ1) is 23.7. The molecule has 0 amide bonds. The molecule has 0 N–H and O–H groups in total. The van der Waals surface area contributed by atoms with Crippen molar-refractivity contribution in [2.24, 2.45) is 16.7 Å². The molecule has 0 aromatic heterocycles. The fourth-order valence-electron chi connectivity index (χ4n) is 4.11. The van der Waals surface area contributed by atoms with Crippen molar-refractivity contribution in [1.82, 2.24) is 0 Å². The lowest BCUT2D eigenvalue weighted by Crippen LogP contribution is -2.40. The number of unbranched alkanes of at least 4 members (excludes halogenated alkanes) is 1. The first-order valence-corrected chi connectivity index (χ1v) is 10.8. The van der Waals surface area contributed by atoms with E-state index in [9.17, 15) is 0 Å². The van der Waals surface area contributed by atoms with Gasteiger partial charge in [0.1, 0.15) is 13.6 Å². The van der Waals surface area contributed by atoms with Crippen molar-refractivity contribution in [3.63, 3.8) is 0 Å². The average Bonchev–Trinajstić information content (AvgIpc) is 2.73. The highest BCUT2D eigenvalue weighted by molar-refractivity contribution is 5.97. The summed E-state index contributed by atoms with van der Waals surface area (Å²) in [5.41, 5.74) is 3.21. The Labute approximate surface area is 169 Å². The zero-order valence-electron chi connectivity index (χ0n) is 19.5. The molecule has 2 nitrogen and oxygen atoms in total. The van der Waals surface area contributed by atoms with Gasteiger partial charge >= 0.3 is 0 Å². The van der Waals surface area contributed by atoms with Crippen molar-refractivity contribution in [1.29, 1.82) is 0 Å². The first-order valence-electron chi connectivity index (χ1n) is 10.8. The van der Waals surface area contributed by atoms with Gasteiger partial charge in [0.25, 0.3) is 0 Å². The van der Waals surface area contributed by atoms with Crippen LogP contribution in [0.1, 0.15) is 81.1 Å². The van der Waals surface area contributed by atoms with Crippen molar-refractivity contribution in [2.75, 3.05) is 20.2 Å². The molecule has 1 rings (SSSR count). The maximum Gasteiger partial charge on any atom is 0.222 e. The van der Waals surface area contributed by atoms with Crippen LogP contribution in [-0.4, -0.2) is 30.5 Å². The molecule has 0 atom stereocenters. The molecule has 0 radical (unpaired) electrons. The van der Waals surface area contributed by atoms with Gasteiger partial charge in [-0.05, 0) is 35.3 Å². The highest BCUT2D eigenvalue weighted by Crippen LogP contribution is 2.40. The molecule has 0 heterocycles. The van der Waals surface area contributed by atoms with E-state index in [0.29, 0.717) is 5.92 Å². The summed E-state index contributed by atoms with van der Waals surface area (Å²) in [5, 5.41) is 0. The summed E-state index contributed by atoms with van der Waals surface area (Å²) in [6, 6.07) is 0. The second kappa shape index (κ2) is 10.3. The minimum Gasteiger partial charge on any atom is -0.487 e. The molecular formula is C25H44NO+. The normalized spacial score (nSPS) is 19.3. The Hall–Kier alpha value is -1.31. The van der Waals surface area contributed by atoms with Crippen molar-refractivity contribution >= 4 is 5.71 Å². The van der Waals surface area contributed by atoms with Crippen LogP contribution in [0.2, 0.25) is 0 Å². The monoisotopic (exact) mass is 374 g/mol. The van der Waals surface area contributed by atoms with E-state index in [1.54, 1.807) is 0 Å². The third kappa shape index (κ3) is 7.68. The van der Waals surface area contributed by atoms with Gasteiger partial charge in [0.15, 0.2) is 5.76 Å². The molecule has 2 heteroatoms. The van der Waals surface area contributed by atoms with Gasteiger partial charge in [-0.1, -0.05) is 80.0 Å². The maximum atomic E-state index is 6.22. The molecule has 1 aliphatic carbocycles. The SMILES string of the molecule is CCC=C1C=CC=C(OCCCC)C(=[N+](C)CC(C(C)(C)C)C(C)(C)C)C1. The second-order valence-electron chi connectivity index (χ2n) is 10.1. The van der Waals surface area contributed by atoms with E-state index in [1.807, 2.05) is 0 Å². The molecule has 0 saturated heterocycles. The Morgan fingerprint density at radius 2 is 1.74 bits per heavy atom. The summed E-state index contributed by atoms with van der Waals surface area (Å²) >= 11 is 0. The predicted molar refractivity (Wildman–Crippen MR) is 120 cm³/mol. The largest absolute Gasteiger partial charge is 0.487 e. The van der Waals surface area contributed by atoms with E-state index in [-0.39, 0.29) is 10.8 Å². The zero-order valence-corrected chi connectivity index (χ0v) is 19.5. The third-order valence-corrected chi connectivity index (χ3v) is 5.44. The maximum absolute atomic E-state index is 6.22. The van der Waals surface area contributed by atoms with Crippen LogP contribution < -0.4 is 0 Å². The number of nitrogens with zero attached hydrogens (tertiary/aromatic N) is 1. The van der Waals surface area contributed by atoms with Crippen LogP contribution in [-0.2, 0) is 4.74 Å². The van der Waals surface area contributed by atoms with E-state index >= 15 is 0 Å². The lowest BCUT2D eigenvalue weighted by Gasteiger charge is -2.39. The summed E-state index contributed by atoms with van der Waals surface area (Å²) in [6.45, 7) is 20.5. The van der Waals surface area contributed by atoms with E-state index in [4.69, 9.17) is 4.74 Å². The molecular weight excluding hydrogens is 330 g/mol. The van der Waals surface area contributed by atoms with Gasteiger partial charge in [-0.3, -0.25) is 0 Å². The van der Waals surface area contributed by atoms with Gasteiger partial charge in [0.05, 0.1) is 13.0 Å². The number of hydrogen-bond donors (Lipinski definition) is 0. The zero-order chi connectivity index (χ0) is 20.7. The minimum atomic E-state index is 0.255. The molecule has 0 aromatic carbocycles. The number of hydrogen-bond acceptors (Lipinski definition) is 1. The molecule has 1 aliphatic rings. The summed E-state index contributed by atoms with van der Waals surface area (Å²) in [5.74, 6) is 1.62. The van der Waals surface area contributed by atoms with E-state index < -0.39 is 0 Å². The smallest absolute Gasteiger partial charge is 0.222 e. The second-order valence-corrected chi connectivity index (χ2v) is 10.1. The van der Waals surface area contributed by atoms with Gasteiger partial charge in [-0.25, -0.2) is 4.58 Å². The van der Waals surface area contributed by atoms with Gasteiger partial charge in [-0.15, -0.1) is 0 Å². The average molecular weight is 375 g/mol.